The van der Waals surface area contributed by atoms with Crippen molar-refractivity contribution in [2.24, 2.45) is 0 Å². The van der Waals surface area contributed by atoms with Gasteiger partial charge in [0.1, 0.15) is 6.54 Å². The van der Waals surface area contributed by atoms with Crippen molar-refractivity contribution >= 4 is 11.9 Å². The molecule has 0 spiro atoms. The summed E-state index contributed by atoms with van der Waals surface area (Å²) in [5.74, 6) is -1.24. The van der Waals surface area contributed by atoms with E-state index in [2.05, 4.69) is 6.58 Å². The van der Waals surface area contributed by atoms with Gasteiger partial charge in [-0.2, -0.15) is 0 Å². The number of ether oxygens (including phenoxy) is 1. The number of rotatable bonds is 11. The smallest absolute Gasteiger partial charge is 0.307 e. The molecule has 0 amide bonds. The normalized spacial score (nSPS) is 12.8. The molecule has 0 aliphatic rings. The molecule has 116 valence electrons. The van der Waals surface area contributed by atoms with Crippen LogP contribution in [0.4, 0.5) is 0 Å². The molecule has 0 rings (SSSR count). The van der Waals surface area contributed by atoms with Gasteiger partial charge in [-0.15, -0.1) is 6.58 Å². The maximum atomic E-state index is 11.7. The van der Waals surface area contributed by atoms with Crippen molar-refractivity contribution in [3.63, 3.8) is 0 Å². The van der Waals surface area contributed by atoms with Crippen LogP contribution in [0.25, 0.3) is 0 Å². The van der Waals surface area contributed by atoms with Crippen LogP contribution in [0.5, 0.6) is 0 Å². The first-order chi connectivity index (χ1) is 9.24. The molecular weight excluding hydrogens is 258 g/mol. The summed E-state index contributed by atoms with van der Waals surface area (Å²) in [5.41, 5.74) is 0. The van der Waals surface area contributed by atoms with Crippen molar-refractivity contribution in [2.45, 2.75) is 44.6 Å². The Morgan fingerprint density at radius 2 is 1.90 bits per heavy atom. The molecule has 5 heteroatoms. The van der Waals surface area contributed by atoms with Gasteiger partial charge in [-0.3, -0.25) is 9.59 Å². The maximum absolute atomic E-state index is 11.7. The van der Waals surface area contributed by atoms with Crippen molar-refractivity contribution < 1.29 is 23.9 Å². The molecule has 0 aromatic carbocycles. The Hall–Kier alpha value is -1.36. The van der Waals surface area contributed by atoms with Gasteiger partial charge in [-0.1, -0.05) is 12.5 Å². The number of hydrogen-bond donors (Lipinski definition) is 1. The highest BCUT2D eigenvalue weighted by molar-refractivity contribution is 5.71. The summed E-state index contributed by atoms with van der Waals surface area (Å²) in [6.45, 7) is 4.14. The van der Waals surface area contributed by atoms with Crippen LogP contribution in [0.15, 0.2) is 12.7 Å². The van der Waals surface area contributed by atoms with Gasteiger partial charge in [-0.25, -0.2) is 0 Å². The van der Waals surface area contributed by atoms with Crippen LogP contribution in [-0.4, -0.2) is 55.3 Å². The second-order valence-corrected chi connectivity index (χ2v) is 6.07. The first-order valence-electron chi connectivity index (χ1n) is 7.07. The molecule has 0 aliphatic heterocycles. The Labute approximate surface area is 121 Å². The van der Waals surface area contributed by atoms with E-state index in [-0.39, 0.29) is 12.4 Å². The molecule has 0 radical (unpaired) electrons. The number of hydrogen-bond acceptors (Lipinski definition) is 3. The third-order valence-corrected chi connectivity index (χ3v) is 2.74. The third kappa shape index (κ3) is 11.7. The average molecular weight is 286 g/mol. The van der Waals surface area contributed by atoms with Gasteiger partial charge in [-0.05, 0) is 19.3 Å². The standard InChI is InChI=1S/C15H27NO4/c1-5-6-7-8-9-10-15(19)20-13(11-14(17)18)12-16(2,3)4/h5,13H,1,6-12H2,2-4H3/p+1. The van der Waals surface area contributed by atoms with E-state index in [9.17, 15) is 9.59 Å². The van der Waals surface area contributed by atoms with Gasteiger partial charge >= 0.3 is 11.9 Å². The number of quaternary nitrogens is 1. The molecule has 1 unspecified atom stereocenters. The van der Waals surface area contributed by atoms with Crippen molar-refractivity contribution in [3.05, 3.63) is 12.7 Å². The molecule has 5 nitrogen and oxygen atoms in total. The second-order valence-electron chi connectivity index (χ2n) is 6.07. The van der Waals surface area contributed by atoms with Crippen LogP contribution >= 0.6 is 0 Å². The van der Waals surface area contributed by atoms with E-state index < -0.39 is 12.1 Å². The molecule has 0 aliphatic carbocycles. The summed E-state index contributed by atoms with van der Waals surface area (Å²) in [4.78, 5) is 22.5. The number of likely N-dealkylation sites (N-methyl/N-ethyl adjacent to an activating group) is 1. The lowest BCUT2D eigenvalue weighted by Gasteiger charge is -2.28. The Morgan fingerprint density at radius 1 is 1.25 bits per heavy atom. The first-order valence-corrected chi connectivity index (χ1v) is 7.07. The summed E-state index contributed by atoms with van der Waals surface area (Å²) < 4.78 is 5.85. The monoisotopic (exact) mass is 286 g/mol. The highest BCUT2D eigenvalue weighted by Gasteiger charge is 2.24. The minimum atomic E-state index is -0.942. The topological polar surface area (TPSA) is 63.6 Å². The molecule has 0 fully saturated rings. The summed E-state index contributed by atoms with van der Waals surface area (Å²) in [6.07, 6.45) is 5.22. The minimum Gasteiger partial charge on any atom is -0.481 e. The molecule has 20 heavy (non-hydrogen) atoms. The van der Waals surface area contributed by atoms with E-state index in [1.54, 1.807) is 0 Å². The number of unbranched alkanes of at least 4 members (excludes halogenated alkanes) is 3. The van der Waals surface area contributed by atoms with Crippen LogP contribution in [0, 0.1) is 0 Å². The number of aliphatic carboxylic acids is 1. The highest BCUT2D eigenvalue weighted by Crippen LogP contribution is 2.09. The molecular formula is C15H28NO4+. The van der Waals surface area contributed by atoms with Gasteiger partial charge in [0, 0.05) is 6.42 Å². The third-order valence-electron chi connectivity index (χ3n) is 2.74. The molecule has 0 aromatic rings. The summed E-state index contributed by atoms with van der Waals surface area (Å²) in [7, 11) is 5.83. The largest absolute Gasteiger partial charge is 0.481 e. The van der Waals surface area contributed by atoms with Crippen LogP contribution in [0.3, 0.4) is 0 Å². The average Bonchev–Trinajstić information content (AvgIpc) is 2.25. The molecule has 1 N–H and O–H groups in total. The number of carbonyl (C=O) groups excluding carboxylic acids is 1. The summed E-state index contributed by atoms with van der Waals surface area (Å²) in [6, 6.07) is 0. The van der Waals surface area contributed by atoms with Gasteiger partial charge in [0.25, 0.3) is 0 Å². The lowest BCUT2D eigenvalue weighted by Crippen LogP contribution is -2.43. The zero-order chi connectivity index (χ0) is 15.6. The molecule has 0 heterocycles. The molecule has 1 atom stereocenters. The zero-order valence-electron chi connectivity index (χ0n) is 12.9. The van der Waals surface area contributed by atoms with Crippen LogP contribution in [0.2, 0.25) is 0 Å². The number of carboxylic acids is 1. The van der Waals surface area contributed by atoms with E-state index in [0.717, 1.165) is 25.7 Å². The maximum Gasteiger partial charge on any atom is 0.307 e. The van der Waals surface area contributed by atoms with Crippen molar-refractivity contribution in [1.82, 2.24) is 0 Å². The van der Waals surface area contributed by atoms with E-state index >= 15 is 0 Å². The second kappa shape index (κ2) is 9.53. The van der Waals surface area contributed by atoms with Crippen molar-refractivity contribution in [1.29, 1.82) is 0 Å². The number of carbonyl (C=O) groups is 2. The number of nitrogens with zero attached hydrogens (tertiary/aromatic N) is 1. The zero-order valence-corrected chi connectivity index (χ0v) is 12.9. The predicted molar refractivity (Wildman–Crippen MR) is 78.3 cm³/mol. The number of allylic oxidation sites excluding steroid dienone is 1. The summed E-state index contributed by atoms with van der Waals surface area (Å²) >= 11 is 0. The van der Waals surface area contributed by atoms with E-state index in [1.807, 2.05) is 27.2 Å². The highest BCUT2D eigenvalue weighted by atomic mass is 16.5. The Kier molecular flexibility index (Phi) is 8.88. The quantitative estimate of drug-likeness (QED) is 0.274. The number of esters is 1. The lowest BCUT2D eigenvalue weighted by molar-refractivity contribution is -0.873. The molecule has 0 saturated heterocycles. The van der Waals surface area contributed by atoms with E-state index in [0.29, 0.717) is 17.4 Å². The molecule has 0 bridgehead atoms. The molecule has 0 saturated carbocycles. The Balaban J connectivity index is 4.11. The lowest BCUT2D eigenvalue weighted by atomic mass is 10.1. The Bertz CT molecular complexity index is 320. The Morgan fingerprint density at radius 3 is 2.40 bits per heavy atom. The van der Waals surface area contributed by atoms with Crippen LogP contribution < -0.4 is 0 Å². The van der Waals surface area contributed by atoms with E-state index in [4.69, 9.17) is 9.84 Å². The van der Waals surface area contributed by atoms with Gasteiger partial charge in [0.15, 0.2) is 6.10 Å². The minimum absolute atomic E-state index is 0.141. The summed E-state index contributed by atoms with van der Waals surface area (Å²) in [5, 5.41) is 8.86. The van der Waals surface area contributed by atoms with Gasteiger partial charge in [0.2, 0.25) is 0 Å². The first kappa shape index (κ1) is 18.6. The fraction of sp³-hybridized carbons (Fsp3) is 0.733. The molecule has 0 aromatic heterocycles. The van der Waals surface area contributed by atoms with E-state index in [1.165, 1.54) is 0 Å². The van der Waals surface area contributed by atoms with Crippen molar-refractivity contribution in [2.75, 3.05) is 27.7 Å². The fourth-order valence-corrected chi connectivity index (χ4v) is 1.93. The van der Waals surface area contributed by atoms with Crippen LogP contribution in [-0.2, 0) is 14.3 Å². The van der Waals surface area contributed by atoms with Crippen molar-refractivity contribution in [3.8, 4) is 0 Å². The van der Waals surface area contributed by atoms with Gasteiger partial charge in [0.05, 0.1) is 27.6 Å². The fourth-order valence-electron chi connectivity index (χ4n) is 1.93. The van der Waals surface area contributed by atoms with Gasteiger partial charge < -0.3 is 14.3 Å². The number of carboxylic acid groups (broad SMARTS) is 1. The van der Waals surface area contributed by atoms with Crippen LogP contribution in [0.1, 0.15) is 38.5 Å². The SMILES string of the molecule is C=CCCCCCC(=O)OC(CC(=O)O)C[N+](C)(C)C. The predicted octanol–water partition coefficient (Wildman–Crippen LogP) is 2.22.